The van der Waals surface area contributed by atoms with E-state index in [-0.39, 0.29) is 62.0 Å². The number of benzene rings is 6. The molecule has 0 unspecified atom stereocenters. The fourth-order valence-corrected chi connectivity index (χ4v) is 7.11. The average Bonchev–Trinajstić information content (AvgIpc) is 4.49. The molecule has 14 nitrogen and oxygen atoms in total. The van der Waals surface area contributed by atoms with Crippen molar-refractivity contribution in [3.05, 3.63) is 182 Å². The maximum atomic E-state index is 4.94. The molecule has 6 aromatic rings. The van der Waals surface area contributed by atoms with Crippen LogP contribution < -0.4 is 28.4 Å². The quantitative estimate of drug-likeness (QED) is 0.116. The van der Waals surface area contributed by atoms with Crippen LogP contribution in [0.5, 0.6) is 34.5 Å². The minimum atomic E-state index is 0. The van der Waals surface area contributed by atoms with Crippen LogP contribution in [0.2, 0.25) is 0 Å². The van der Waals surface area contributed by atoms with E-state index in [1.165, 1.54) is 103 Å². The molecule has 0 saturated carbocycles. The molecule has 8 fully saturated rings. The Morgan fingerprint density at radius 2 is 0.319 bits per heavy atom. The van der Waals surface area contributed by atoms with Crippen molar-refractivity contribution in [2.45, 2.75) is 103 Å². The van der Waals surface area contributed by atoms with E-state index in [2.05, 4.69) is 36.4 Å². The number of para-hydroxylation sites is 6. The fraction of sp³-hybridized carbons (Fsp3) is 0.514. The molecule has 91 heavy (non-hydrogen) atoms. The zero-order chi connectivity index (χ0) is 63.2. The summed E-state index contributed by atoms with van der Waals surface area (Å²) in [7, 11) is 9.78. The molecule has 0 radical (unpaired) electrons. The van der Waals surface area contributed by atoms with Crippen LogP contribution in [0.25, 0.3) is 0 Å². The summed E-state index contributed by atoms with van der Waals surface area (Å²) in [6, 6.07) is 62.4. The maximum absolute atomic E-state index is 4.94. The normalized spacial score (nSPS) is 15.1. The van der Waals surface area contributed by atoms with E-state index in [0.29, 0.717) is 0 Å². The molecule has 6 aromatic carbocycles. The molecule has 0 spiro atoms. The van der Waals surface area contributed by atoms with E-state index in [1.54, 1.807) is 42.7 Å². The molecule has 14 rings (SSSR count). The average molecular weight is 1370 g/mol. The van der Waals surface area contributed by atoms with Gasteiger partial charge in [-0.25, -0.2) is 0 Å². The van der Waals surface area contributed by atoms with E-state index in [0.717, 1.165) is 140 Å². The van der Waals surface area contributed by atoms with Crippen molar-refractivity contribution in [3.8, 4) is 34.5 Å². The van der Waals surface area contributed by atoms with Gasteiger partial charge in [0.15, 0.2) is 0 Å². The summed E-state index contributed by atoms with van der Waals surface area (Å²) in [6.07, 6.45) is 20.4. The van der Waals surface area contributed by atoms with Gasteiger partial charge in [-0.2, -0.15) is 109 Å². The molecule has 492 valence electrons. The Bertz CT molecular complexity index is 1700. The molecule has 0 amide bonds. The van der Waals surface area contributed by atoms with Crippen LogP contribution in [0.3, 0.4) is 0 Å². The van der Waals surface area contributed by atoms with Gasteiger partial charge in [0.2, 0.25) is 0 Å². The Morgan fingerprint density at radius 1 is 0.209 bits per heavy atom. The number of hydrogen-bond acceptors (Lipinski definition) is 14. The molecule has 8 saturated heterocycles. The van der Waals surface area contributed by atoms with Crippen molar-refractivity contribution in [3.63, 3.8) is 0 Å². The third-order valence-corrected chi connectivity index (χ3v) is 12.0. The van der Waals surface area contributed by atoms with Gasteiger partial charge >= 0.3 is 62.0 Å². The monoisotopic (exact) mass is 1370 g/mol. The number of hydrogen-bond donors (Lipinski definition) is 0. The summed E-state index contributed by atoms with van der Waals surface area (Å²) in [5.41, 5.74) is 0. The SMILES string of the molecule is C1CCOC1.C1CCOC1.C1CCOC1.C1CCOC1.C1CCOC1.C1CCOC1.C1CCOC1.C1CCOC1.COc1[c-]cccc1.COc1[c-]cccc1.COc1[c-]cccc1.COc1[c-]cccc1.COc1[c-]cccc1.COc1[c-]cccc1.[Mg+2].[Zn+2].[Zn+2]. The third kappa shape index (κ3) is 65.7. The first-order valence-corrected chi connectivity index (χ1v) is 31.3. The fourth-order valence-electron chi connectivity index (χ4n) is 7.11. The molecule has 0 N–H and O–H groups in total. The van der Waals surface area contributed by atoms with E-state index in [1.807, 2.05) is 146 Å². The summed E-state index contributed by atoms with van der Waals surface area (Å²) in [4.78, 5) is 0. The summed E-state index contributed by atoms with van der Waals surface area (Å²) in [6.45, 7) is 16.0. The van der Waals surface area contributed by atoms with Crippen LogP contribution in [-0.2, 0) is 76.9 Å². The molecule has 0 bridgehead atoms. The van der Waals surface area contributed by atoms with E-state index in [4.69, 9.17) is 66.3 Å². The van der Waals surface area contributed by atoms with Gasteiger partial charge in [0.1, 0.15) is 0 Å². The van der Waals surface area contributed by atoms with E-state index < -0.39 is 0 Å². The van der Waals surface area contributed by atoms with Gasteiger partial charge in [-0.3, -0.25) is 0 Å². The molecule has 17 heteroatoms. The zero-order valence-electron chi connectivity index (χ0n) is 56.3. The second-order valence-corrected chi connectivity index (χ2v) is 19.1. The molecule has 8 aliphatic rings. The molecular weight excluding hydrogens is 1270 g/mol. The maximum Gasteiger partial charge on any atom is 2.00 e. The minimum Gasteiger partial charge on any atom is -0.523 e. The molecular formula is C74H106MgO14Zn2. The minimum absolute atomic E-state index is 0. The predicted molar refractivity (Wildman–Crippen MR) is 357 cm³/mol. The molecule has 0 aliphatic carbocycles. The molecule has 8 aliphatic heterocycles. The van der Waals surface area contributed by atoms with Gasteiger partial charge in [0.25, 0.3) is 0 Å². The van der Waals surface area contributed by atoms with Crippen LogP contribution >= 0.6 is 0 Å². The van der Waals surface area contributed by atoms with Gasteiger partial charge in [-0.15, -0.1) is 72.8 Å². The van der Waals surface area contributed by atoms with Crippen molar-refractivity contribution < 1.29 is 105 Å². The van der Waals surface area contributed by atoms with Crippen LogP contribution in [-0.4, -0.2) is 171 Å². The summed E-state index contributed by atoms with van der Waals surface area (Å²) in [5, 5.41) is 0. The first-order valence-electron chi connectivity index (χ1n) is 31.3. The second-order valence-electron chi connectivity index (χ2n) is 19.1. The number of methoxy groups -OCH3 is 6. The van der Waals surface area contributed by atoms with Crippen molar-refractivity contribution >= 4 is 23.1 Å². The van der Waals surface area contributed by atoms with E-state index >= 15 is 0 Å². The van der Waals surface area contributed by atoms with Crippen molar-refractivity contribution in [1.82, 2.24) is 0 Å². The van der Waals surface area contributed by atoms with Gasteiger partial charge < -0.3 is 66.3 Å². The molecule has 8 heterocycles. The standard InChI is InChI=1S/6C7H7O.8C4H8O.Mg.2Zn/c6*1-8-7-5-3-2-4-6-7;8*1-2-4-5-3-1;;;/h6*2-5H,1H3;8*1-4H2;;;/q6*-1;;;;;;;;;3*+2. The Kier molecular flexibility index (Phi) is 76.5. The molecule has 0 aromatic heterocycles. The van der Waals surface area contributed by atoms with Crippen LogP contribution in [0, 0.1) is 36.4 Å². The van der Waals surface area contributed by atoms with Crippen molar-refractivity contribution in [2.75, 3.05) is 148 Å². The van der Waals surface area contributed by atoms with Crippen molar-refractivity contribution in [1.29, 1.82) is 0 Å². The third-order valence-electron chi connectivity index (χ3n) is 12.0. The van der Waals surface area contributed by atoms with Crippen LogP contribution in [0.1, 0.15) is 103 Å². The van der Waals surface area contributed by atoms with Gasteiger partial charge in [-0.1, -0.05) is 0 Å². The summed E-state index contributed by atoms with van der Waals surface area (Å²) < 4.78 is 68.7. The first-order chi connectivity index (χ1) is 43.6. The van der Waals surface area contributed by atoms with Crippen LogP contribution in [0.15, 0.2) is 146 Å². The Morgan fingerprint density at radius 3 is 0.363 bits per heavy atom. The molecule has 0 atom stereocenters. The van der Waals surface area contributed by atoms with Gasteiger partial charge in [0, 0.05) is 140 Å². The van der Waals surface area contributed by atoms with Crippen molar-refractivity contribution in [2.24, 2.45) is 0 Å². The van der Waals surface area contributed by atoms with E-state index in [9.17, 15) is 0 Å². The summed E-state index contributed by atoms with van der Waals surface area (Å²) >= 11 is 0. The summed E-state index contributed by atoms with van der Waals surface area (Å²) in [5.74, 6) is 4.71. The van der Waals surface area contributed by atoms with Gasteiger partial charge in [0.05, 0.1) is 42.7 Å². The number of rotatable bonds is 6. The first kappa shape index (κ1) is 91.0. The predicted octanol–water partition coefficient (Wildman–Crippen LogP) is 15.0. The Labute approximate surface area is 591 Å². The second kappa shape index (κ2) is 76.5. The Hall–Kier alpha value is -4.19. The van der Waals surface area contributed by atoms with Gasteiger partial charge in [-0.05, 0) is 103 Å². The smallest absolute Gasteiger partial charge is 0.523 e. The topological polar surface area (TPSA) is 129 Å². The Balaban J connectivity index is -0.000000918. The zero-order valence-corrected chi connectivity index (χ0v) is 63.7. The number of ether oxygens (including phenoxy) is 14. The largest absolute Gasteiger partial charge is 2.00 e. The van der Waals surface area contributed by atoms with Crippen LogP contribution in [0.4, 0.5) is 0 Å².